The molecule has 1 heterocycles. The molecule has 0 bridgehead atoms. The fourth-order valence-electron chi connectivity index (χ4n) is 2.98. The van der Waals surface area contributed by atoms with Crippen LogP contribution >= 0.6 is 11.6 Å². The number of unbranched alkanes of at least 4 members (excludes halogenated alkanes) is 3. The van der Waals surface area contributed by atoms with Crippen molar-refractivity contribution in [1.29, 1.82) is 0 Å². The highest BCUT2D eigenvalue weighted by molar-refractivity contribution is 6.30. The number of hydrogen-bond acceptors (Lipinski definition) is 3. The molecule has 0 saturated heterocycles. The lowest BCUT2D eigenvalue weighted by Gasteiger charge is -2.09. The maximum atomic E-state index is 12.5. The second-order valence-electron chi connectivity index (χ2n) is 6.46. The molecule has 0 aliphatic heterocycles. The van der Waals surface area contributed by atoms with E-state index >= 15 is 0 Å². The van der Waals surface area contributed by atoms with E-state index < -0.39 is 0 Å². The highest BCUT2D eigenvalue weighted by Gasteiger charge is 2.17. The van der Waals surface area contributed by atoms with E-state index in [9.17, 15) is 4.79 Å². The van der Waals surface area contributed by atoms with E-state index in [4.69, 9.17) is 16.3 Å². The number of halogens is 1. The third-order valence-corrected chi connectivity index (χ3v) is 4.68. The lowest BCUT2D eigenvalue weighted by atomic mass is 10.0. The van der Waals surface area contributed by atoms with Gasteiger partial charge in [0.25, 0.3) is 5.91 Å². The summed E-state index contributed by atoms with van der Waals surface area (Å²) in [6, 6.07) is 5.36. The van der Waals surface area contributed by atoms with Gasteiger partial charge in [-0.05, 0) is 62.9 Å². The number of carbonyl (C=O) groups is 1. The average molecular weight is 363 g/mol. The van der Waals surface area contributed by atoms with Gasteiger partial charge >= 0.3 is 0 Å². The van der Waals surface area contributed by atoms with Crippen LogP contribution in [-0.4, -0.2) is 22.3 Å². The summed E-state index contributed by atoms with van der Waals surface area (Å²) < 4.78 is 7.14. The molecular weight excluding hydrogens is 336 g/mol. The van der Waals surface area contributed by atoms with Gasteiger partial charge in [0.15, 0.2) is 6.61 Å². The van der Waals surface area contributed by atoms with Crippen LogP contribution in [0.4, 0.5) is 0 Å². The molecule has 0 radical (unpaired) electrons. The summed E-state index contributed by atoms with van der Waals surface area (Å²) in [6.07, 6.45) is 5.79. The topological polar surface area (TPSA) is 44.1 Å². The second kappa shape index (κ2) is 9.04. The van der Waals surface area contributed by atoms with E-state index in [2.05, 4.69) is 12.0 Å². The van der Waals surface area contributed by atoms with Crippen molar-refractivity contribution in [2.75, 3.05) is 6.61 Å². The molecule has 0 N–H and O–H groups in total. The Kier molecular flexibility index (Phi) is 7.06. The van der Waals surface area contributed by atoms with Crippen molar-refractivity contribution >= 4 is 17.5 Å². The van der Waals surface area contributed by atoms with Crippen LogP contribution in [0.5, 0.6) is 5.75 Å². The van der Waals surface area contributed by atoms with Gasteiger partial charge in [-0.3, -0.25) is 4.79 Å². The highest BCUT2D eigenvalue weighted by atomic mass is 35.5. The predicted octanol–water partition coefficient (Wildman–Crippen LogP) is 5.30. The van der Waals surface area contributed by atoms with Crippen molar-refractivity contribution in [3.05, 3.63) is 45.7 Å². The largest absolute Gasteiger partial charge is 0.483 e. The zero-order valence-electron chi connectivity index (χ0n) is 15.6. The molecule has 0 aliphatic carbocycles. The first-order chi connectivity index (χ1) is 11.9. The Hall–Kier alpha value is -1.81. The molecule has 0 fully saturated rings. The van der Waals surface area contributed by atoms with Gasteiger partial charge in [-0.15, -0.1) is 0 Å². The monoisotopic (exact) mass is 362 g/mol. The van der Waals surface area contributed by atoms with E-state index in [0.29, 0.717) is 10.8 Å². The predicted molar refractivity (Wildman–Crippen MR) is 102 cm³/mol. The molecule has 0 amide bonds. The Bertz CT molecular complexity index is 738. The SMILES string of the molecule is CCCCCCc1c(C)nn(C(=O)COc2ccc(Cl)cc2C)c1C. The average Bonchev–Trinajstić information content (AvgIpc) is 2.85. The maximum absolute atomic E-state index is 12.5. The Balaban J connectivity index is 2.01. The third kappa shape index (κ3) is 5.08. The molecule has 0 atom stereocenters. The van der Waals surface area contributed by atoms with Gasteiger partial charge in [-0.2, -0.15) is 5.10 Å². The summed E-state index contributed by atoms with van der Waals surface area (Å²) in [4.78, 5) is 12.5. The minimum absolute atomic E-state index is 0.0420. The van der Waals surface area contributed by atoms with Gasteiger partial charge in [-0.1, -0.05) is 37.8 Å². The number of rotatable bonds is 8. The minimum atomic E-state index is -0.158. The Morgan fingerprint density at radius 3 is 2.64 bits per heavy atom. The first-order valence-electron chi connectivity index (χ1n) is 8.91. The minimum Gasteiger partial charge on any atom is -0.483 e. The lowest BCUT2D eigenvalue weighted by molar-refractivity contribution is 0.0817. The van der Waals surface area contributed by atoms with Crippen molar-refractivity contribution in [1.82, 2.24) is 9.78 Å². The van der Waals surface area contributed by atoms with E-state index in [-0.39, 0.29) is 12.5 Å². The van der Waals surface area contributed by atoms with Crippen LogP contribution in [0.1, 0.15) is 59.9 Å². The first kappa shape index (κ1) is 19.5. The molecule has 0 saturated carbocycles. The number of aromatic nitrogens is 2. The highest BCUT2D eigenvalue weighted by Crippen LogP contribution is 2.22. The van der Waals surface area contributed by atoms with Crippen molar-refractivity contribution in [3.63, 3.8) is 0 Å². The molecular formula is C20H27ClN2O2. The van der Waals surface area contributed by atoms with Gasteiger partial charge < -0.3 is 4.74 Å². The lowest BCUT2D eigenvalue weighted by Crippen LogP contribution is -2.22. The molecule has 1 aromatic carbocycles. The van der Waals surface area contributed by atoms with Crippen LogP contribution < -0.4 is 4.74 Å². The maximum Gasteiger partial charge on any atom is 0.284 e. The van der Waals surface area contributed by atoms with Gasteiger partial charge in [0.1, 0.15) is 5.75 Å². The van der Waals surface area contributed by atoms with Crippen LogP contribution in [0.15, 0.2) is 18.2 Å². The van der Waals surface area contributed by atoms with Crippen molar-refractivity contribution < 1.29 is 9.53 Å². The van der Waals surface area contributed by atoms with Gasteiger partial charge in [0.2, 0.25) is 0 Å². The first-order valence-corrected chi connectivity index (χ1v) is 9.29. The summed E-state index contributed by atoms with van der Waals surface area (Å²) in [7, 11) is 0. The van der Waals surface area contributed by atoms with Crippen LogP contribution in [0.25, 0.3) is 0 Å². The number of nitrogens with zero attached hydrogens (tertiary/aromatic N) is 2. The Morgan fingerprint density at radius 1 is 1.20 bits per heavy atom. The van der Waals surface area contributed by atoms with E-state index in [1.165, 1.54) is 29.5 Å². The molecule has 5 heteroatoms. The quantitative estimate of drug-likeness (QED) is 0.598. The molecule has 2 rings (SSSR count). The fourth-order valence-corrected chi connectivity index (χ4v) is 3.21. The van der Waals surface area contributed by atoms with Crippen molar-refractivity contribution in [2.45, 2.75) is 59.8 Å². The van der Waals surface area contributed by atoms with Gasteiger partial charge in [0, 0.05) is 10.7 Å². The summed E-state index contributed by atoms with van der Waals surface area (Å²) in [5, 5.41) is 5.08. The second-order valence-corrected chi connectivity index (χ2v) is 6.90. The van der Waals surface area contributed by atoms with E-state index in [0.717, 1.165) is 29.8 Å². The normalized spacial score (nSPS) is 10.9. The molecule has 0 aliphatic rings. The molecule has 25 heavy (non-hydrogen) atoms. The standard InChI is InChI=1S/C20H27ClN2O2/c1-5-6-7-8-9-18-15(3)22-23(16(18)4)20(24)13-25-19-11-10-17(21)12-14(19)2/h10-12H,5-9,13H2,1-4H3. The van der Waals surface area contributed by atoms with Crippen LogP contribution in [0.3, 0.4) is 0 Å². The zero-order valence-corrected chi connectivity index (χ0v) is 16.3. The van der Waals surface area contributed by atoms with Gasteiger partial charge in [-0.25, -0.2) is 4.68 Å². The Labute approximate surface area is 155 Å². The fraction of sp³-hybridized carbons (Fsp3) is 0.500. The number of ether oxygens (including phenoxy) is 1. The summed E-state index contributed by atoms with van der Waals surface area (Å²) in [5.41, 5.74) is 3.96. The van der Waals surface area contributed by atoms with Crippen LogP contribution in [0, 0.1) is 20.8 Å². The van der Waals surface area contributed by atoms with Gasteiger partial charge in [0.05, 0.1) is 5.69 Å². The zero-order chi connectivity index (χ0) is 18.4. The molecule has 136 valence electrons. The number of carbonyl (C=O) groups excluding carboxylic acids is 1. The molecule has 0 spiro atoms. The number of hydrogen-bond donors (Lipinski definition) is 0. The number of benzene rings is 1. The van der Waals surface area contributed by atoms with Crippen molar-refractivity contribution in [3.8, 4) is 5.75 Å². The summed E-state index contributed by atoms with van der Waals surface area (Å²) >= 11 is 5.94. The molecule has 2 aromatic rings. The smallest absolute Gasteiger partial charge is 0.284 e. The molecule has 4 nitrogen and oxygen atoms in total. The number of aryl methyl sites for hydroxylation is 2. The van der Waals surface area contributed by atoms with Crippen LogP contribution in [-0.2, 0) is 6.42 Å². The summed E-state index contributed by atoms with van der Waals surface area (Å²) in [6.45, 7) is 8.00. The van der Waals surface area contributed by atoms with E-state index in [1.54, 1.807) is 12.1 Å². The van der Waals surface area contributed by atoms with Crippen molar-refractivity contribution in [2.24, 2.45) is 0 Å². The molecule has 0 unspecified atom stereocenters. The summed E-state index contributed by atoms with van der Waals surface area (Å²) in [5.74, 6) is 0.508. The Morgan fingerprint density at radius 2 is 1.96 bits per heavy atom. The third-order valence-electron chi connectivity index (χ3n) is 4.45. The van der Waals surface area contributed by atoms with Crippen LogP contribution in [0.2, 0.25) is 5.02 Å². The molecule has 1 aromatic heterocycles. The van der Waals surface area contributed by atoms with E-state index in [1.807, 2.05) is 26.8 Å².